The van der Waals surface area contributed by atoms with Gasteiger partial charge in [0.25, 0.3) is 0 Å². The average molecular weight is 516 g/mol. The van der Waals surface area contributed by atoms with Crippen LogP contribution in [0.1, 0.15) is 55.4 Å². The molecule has 0 amide bonds. The van der Waals surface area contributed by atoms with Gasteiger partial charge in [0.1, 0.15) is 0 Å². The molecule has 1 rings (SSSR count). The summed E-state index contributed by atoms with van der Waals surface area (Å²) >= 11 is -5.11. The molecule has 0 unspecified atom stereocenters. The first-order valence-corrected chi connectivity index (χ1v) is 25.5. The van der Waals surface area contributed by atoms with E-state index in [1.54, 1.807) is 0 Å². The Morgan fingerprint density at radius 3 is 0.909 bits per heavy atom. The van der Waals surface area contributed by atoms with E-state index in [9.17, 15) is 0 Å². The zero-order chi connectivity index (χ0) is 17.0. The van der Waals surface area contributed by atoms with E-state index < -0.39 is 28.1 Å². The first kappa shape index (κ1) is 20.1. The minimum atomic E-state index is -2.56. The standard InChI is InChI=1S/4C4H7.C4H4.2Sb/c4*1-4(2)3;1-3-4-2;;/h4*1H,2-3H3;1-4H;;. The van der Waals surface area contributed by atoms with Crippen molar-refractivity contribution < 1.29 is 0 Å². The van der Waals surface area contributed by atoms with E-state index in [0.29, 0.717) is 0 Å². The zero-order valence-corrected chi connectivity index (χ0v) is 20.6. The van der Waals surface area contributed by atoms with Crippen LogP contribution in [0.3, 0.4) is 0 Å². The second-order valence-corrected chi connectivity index (χ2v) is 47.3. The summed E-state index contributed by atoms with van der Waals surface area (Å²) in [7, 11) is 0. The van der Waals surface area contributed by atoms with Gasteiger partial charge in [0.2, 0.25) is 0 Å². The summed E-state index contributed by atoms with van der Waals surface area (Å²) in [5, 5.41) is 0. The fraction of sp³-hybridized carbons (Fsp3) is 0.400. The molecule has 0 aliphatic carbocycles. The second kappa shape index (κ2) is 8.26. The van der Waals surface area contributed by atoms with Crippen molar-refractivity contribution in [1.82, 2.24) is 0 Å². The van der Waals surface area contributed by atoms with Crippen LogP contribution in [0, 0.1) is 0 Å². The molecule has 1 aliphatic heterocycles. The van der Waals surface area contributed by atoms with Crippen LogP contribution in [0.4, 0.5) is 0 Å². The first-order valence-electron chi connectivity index (χ1n) is 7.90. The molecule has 0 aromatic carbocycles. The SMILES string of the molecule is CC(C)=[CH][Sb]1([CH]=C(C)C)=[Sb]([CH]=C(C)C)([CH]=C(C)C)[CH]=CC=[CH]1. The van der Waals surface area contributed by atoms with Crippen molar-refractivity contribution in [1.29, 1.82) is 0 Å². The van der Waals surface area contributed by atoms with Crippen LogP contribution in [-0.2, 0) is 0 Å². The van der Waals surface area contributed by atoms with Gasteiger partial charge in [-0.05, 0) is 0 Å². The van der Waals surface area contributed by atoms with Crippen molar-refractivity contribution in [2.75, 3.05) is 0 Å². The molecule has 1 aliphatic rings. The van der Waals surface area contributed by atoms with E-state index in [1.165, 1.54) is 22.3 Å². The molecule has 0 N–H and O–H groups in total. The minimum absolute atomic E-state index is 1.48. The van der Waals surface area contributed by atoms with Crippen LogP contribution in [0.5, 0.6) is 0 Å². The predicted molar refractivity (Wildman–Crippen MR) is 108 cm³/mol. The van der Waals surface area contributed by atoms with E-state index in [1.807, 2.05) is 0 Å². The summed E-state index contributed by atoms with van der Waals surface area (Å²) in [4.78, 5) is 0. The van der Waals surface area contributed by atoms with Crippen LogP contribution in [0.25, 0.3) is 0 Å². The third-order valence-electron chi connectivity index (χ3n) is 3.22. The molecule has 0 saturated carbocycles. The molecule has 0 aromatic rings. The van der Waals surface area contributed by atoms with Gasteiger partial charge in [-0.2, -0.15) is 0 Å². The van der Waals surface area contributed by atoms with Gasteiger partial charge in [0, 0.05) is 0 Å². The third kappa shape index (κ3) is 5.04. The molecule has 0 radical (unpaired) electrons. The molecular formula is C20H32Sb2. The summed E-state index contributed by atoms with van der Waals surface area (Å²) < 4.78 is 16.0. The Kier molecular flexibility index (Phi) is 7.55. The van der Waals surface area contributed by atoms with Crippen molar-refractivity contribution in [3.05, 3.63) is 58.6 Å². The summed E-state index contributed by atoms with van der Waals surface area (Å²) in [6.07, 6.45) is 4.63. The molecule has 22 heavy (non-hydrogen) atoms. The molecule has 2 heteroatoms. The molecule has 1 heterocycles. The van der Waals surface area contributed by atoms with E-state index >= 15 is 0 Å². The van der Waals surface area contributed by atoms with Crippen LogP contribution in [0.15, 0.2) is 58.6 Å². The topological polar surface area (TPSA) is 0 Å². The number of allylic oxidation sites excluding steroid dienone is 6. The third-order valence-corrected chi connectivity index (χ3v) is 57.9. The summed E-state index contributed by atoms with van der Waals surface area (Å²) in [5.41, 5.74) is 5.91. The fourth-order valence-corrected chi connectivity index (χ4v) is 64.3. The molecule has 0 bridgehead atoms. The van der Waals surface area contributed by atoms with Gasteiger partial charge in [-0.25, -0.2) is 0 Å². The van der Waals surface area contributed by atoms with Crippen molar-refractivity contribution in [3.63, 3.8) is 0 Å². The molecule has 0 saturated heterocycles. The number of hydrogen-bond acceptors (Lipinski definition) is 0. The summed E-state index contributed by atoms with van der Waals surface area (Å²) in [6, 6.07) is 0. The van der Waals surface area contributed by atoms with Crippen LogP contribution in [0.2, 0.25) is 0 Å². The van der Waals surface area contributed by atoms with Crippen molar-refractivity contribution in [3.8, 4) is 0 Å². The Morgan fingerprint density at radius 2 is 0.727 bits per heavy atom. The maximum absolute atomic E-state index is 2.69. The van der Waals surface area contributed by atoms with Crippen molar-refractivity contribution >= 4 is 28.1 Å². The average Bonchev–Trinajstić information content (AvgIpc) is 2.29. The normalized spacial score (nSPS) is 17.5. The van der Waals surface area contributed by atoms with Gasteiger partial charge >= 0.3 is 142 Å². The van der Waals surface area contributed by atoms with Gasteiger partial charge in [0.05, 0.1) is 0 Å². The summed E-state index contributed by atoms with van der Waals surface area (Å²) in [5.74, 6) is 0. The van der Waals surface area contributed by atoms with E-state index in [2.05, 4.69) is 91.7 Å². The van der Waals surface area contributed by atoms with E-state index in [-0.39, 0.29) is 0 Å². The number of hydrogen-bond donors (Lipinski definition) is 0. The maximum atomic E-state index is 2.69. The Hall–Kier alpha value is 0.0764. The molecule has 0 fully saturated rings. The molecule has 122 valence electrons. The molecule has 0 aromatic heterocycles. The molecule has 0 atom stereocenters. The Balaban J connectivity index is 4.18. The van der Waals surface area contributed by atoms with Gasteiger partial charge in [-0.1, -0.05) is 0 Å². The quantitative estimate of drug-likeness (QED) is 0.392. The summed E-state index contributed by atoms with van der Waals surface area (Å²) in [6.45, 7) is 18.1. The Morgan fingerprint density at radius 1 is 0.500 bits per heavy atom. The monoisotopic (exact) mass is 514 g/mol. The van der Waals surface area contributed by atoms with Crippen molar-refractivity contribution in [2.45, 2.75) is 55.4 Å². The van der Waals surface area contributed by atoms with E-state index in [4.69, 9.17) is 0 Å². The zero-order valence-electron chi connectivity index (χ0n) is 15.5. The van der Waals surface area contributed by atoms with Crippen LogP contribution >= 0.6 is 0 Å². The number of rotatable bonds is 4. The second-order valence-electron chi connectivity index (χ2n) is 7.10. The van der Waals surface area contributed by atoms with Gasteiger partial charge < -0.3 is 0 Å². The van der Waals surface area contributed by atoms with Crippen molar-refractivity contribution in [2.24, 2.45) is 0 Å². The van der Waals surface area contributed by atoms with E-state index in [0.717, 1.165) is 0 Å². The molecular weight excluding hydrogens is 484 g/mol. The van der Waals surface area contributed by atoms with Gasteiger partial charge in [-0.3, -0.25) is 0 Å². The van der Waals surface area contributed by atoms with Crippen LogP contribution in [-0.4, -0.2) is 28.1 Å². The van der Waals surface area contributed by atoms with Crippen LogP contribution < -0.4 is 0 Å². The Bertz CT molecular complexity index is 569. The van der Waals surface area contributed by atoms with Gasteiger partial charge in [0.15, 0.2) is 0 Å². The van der Waals surface area contributed by atoms with Gasteiger partial charge in [-0.15, -0.1) is 0 Å². The molecule has 0 nitrogen and oxygen atoms in total. The predicted octanol–water partition coefficient (Wildman–Crippen LogP) is 6.19. The Labute approximate surface area is 141 Å². The first-order chi connectivity index (χ1) is 10.1. The molecule has 0 spiro atoms. The fourth-order valence-electron chi connectivity index (χ4n) is 2.91.